The summed E-state index contributed by atoms with van der Waals surface area (Å²) >= 11 is 0. The predicted octanol–water partition coefficient (Wildman–Crippen LogP) is 2.87. The summed E-state index contributed by atoms with van der Waals surface area (Å²) in [4.78, 5) is 13.6. The highest BCUT2D eigenvalue weighted by atomic mass is 16.3. The van der Waals surface area contributed by atoms with Gasteiger partial charge in [-0.25, -0.2) is 0 Å². The van der Waals surface area contributed by atoms with Crippen molar-refractivity contribution in [1.82, 2.24) is 4.98 Å². The average molecular weight is 217 g/mol. The molecule has 0 bridgehead atoms. The lowest BCUT2D eigenvalue weighted by Crippen LogP contribution is -1.95. The number of aryl methyl sites for hydroxylation is 1. The summed E-state index contributed by atoms with van der Waals surface area (Å²) in [5.74, 6) is 0.349. The number of aldehydes is 1. The molecule has 1 atom stereocenters. The van der Waals surface area contributed by atoms with E-state index in [0.29, 0.717) is 12.2 Å². The fourth-order valence-corrected chi connectivity index (χ4v) is 2.05. The molecular weight excluding hydrogens is 202 g/mol. The first-order valence-corrected chi connectivity index (χ1v) is 5.38. The summed E-state index contributed by atoms with van der Waals surface area (Å²) in [7, 11) is 0. The first-order valence-electron chi connectivity index (χ1n) is 5.38. The molecule has 16 heavy (non-hydrogen) atoms. The van der Waals surface area contributed by atoms with Gasteiger partial charge in [0.2, 0.25) is 0 Å². The van der Waals surface area contributed by atoms with E-state index in [1.165, 1.54) is 0 Å². The van der Waals surface area contributed by atoms with E-state index in [4.69, 9.17) is 0 Å². The second-order valence-corrected chi connectivity index (χ2v) is 4.20. The van der Waals surface area contributed by atoms with Gasteiger partial charge in [-0.3, -0.25) is 0 Å². The van der Waals surface area contributed by atoms with Gasteiger partial charge in [-0.05, 0) is 30.0 Å². The Balaban J connectivity index is 2.59. The van der Waals surface area contributed by atoms with Crippen molar-refractivity contribution in [2.45, 2.75) is 26.2 Å². The van der Waals surface area contributed by atoms with Crippen LogP contribution in [0.3, 0.4) is 0 Å². The van der Waals surface area contributed by atoms with Gasteiger partial charge in [-0.15, -0.1) is 0 Å². The van der Waals surface area contributed by atoms with Crippen molar-refractivity contribution in [3.63, 3.8) is 0 Å². The summed E-state index contributed by atoms with van der Waals surface area (Å²) in [5.41, 5.74) is 2.78. The minimum Gasteiger partial charge on any atom is -0.507 e. The average Bonchev–Trinajstić information content (AvgIpc) is 2.62. The van der Waals surface area contributed by atoms with E-state index < -0.39 is 0 Å². The third-order valence-corrected chi connectivity index (χ3v) is 3.03. The molecule has 2 aromatic rings. The molecule has 0 spiro atoms. The lowest BCUT2D eigenvalue weighted by atomic mass is 9.95. The number of carbonyl (C=O) groups is 1. The zero-order valence-electron chi connectivity index (χ0n) is 9.45. The number of nitrogens with one attached hydrogen (secondary N) is 1. The molecule has 0 radical (unpaired) electrons. The Kier molecular flexibility index (Phi) is 2.69. The van der Waals surface area contributed by atoms with E-state index in [0.717, 1.165) is 28.3 Å². The molecule has 3 heteroatoms. The maximum atomic E-state index is 10.5. The number of phenolic OH excluding ortho intramolecular Hbond substituents is 1. The maximum Gasteiger partial charge on any atom is 0.128 e. The molecule has 1 unspecified atom stereocenters. The topological polar surface area (TPSA) is 53.1 Å². The van der Waals surface area contributed by atoms with Crippen LogP contribution in [-0.2, 0) is 4.79 Å². The molecule has 0 aliphatic rings. The van der Waals surface area contributed by atoms with E-state index in [2.05, 4.69) is 4.98 Å². The van der Waals surface area contributed by atoms with Crippen LogP contribution in [0, 0.1) is 6.92 Å². The van der Waals surface area contributed by atoms with Gasteiger partial charge in [-0.2, -0.15) is 0 Å². The van der Waals surface area contributed by atoms with Gasteiger partial charge in [0.15, 0.2) is 0 Å². The number of aromatic amines is 1. The van der Waals surface area contributed by atoms with Crippen LogP contribution < -0.4 is 0 Å². The predicted molar refractivity (Wildman–Crippen MR) is 63.8 cm³/mol. The number of hydrogen-bond acceptors (Lipinski definition) is 2. The smallest absolute Gasteiger partial charge is 0.128 e. The fraction of sp³-hybridized carbons (Fsp3) is 0.308. The SMILES string of the molecule is Cc1c[nH]c2ccc(C(C)CC=O)c(O)c12. The number of aromatic nitrogens is 1. The molecule has 84 valence electrons. The van der Waals surface area contributed by atoms with E-state index in [1.54, 1.807) is 0 Å². The lowest BCUT2D eigenvalue weighted by molar-refractivity contribution is -0.108. The lowest BCUT2D eigenvalue weighted by Gasteiger charge is -2.11. The molecule has 0 saturated heterocycles. The highest BCUT2D eigenvalue weighted by Gasteiger charge is 2.14. The number of benzene rings is 1. The summed E-state index contributed by atoms with van der Waals surface area (Å²) in [6.45, 7) is 3.89. The molecule has 2 N–H and O–H groups in total. The highest BCUT2D eigenvalue weighted by Crippen LogP contribution is 2.35. The van der Waals surface area contributed by atoms with Crippen molar-refractivity contribution >= 4 is 17.2 Å². The fourth-order valence-electron chi connectivity index (χ4n) is 2.05. The third-order valence-electron chi connectivity index (χ3n) is 3.03. The van der Waals surface area contributed by atoms with Gasteiger partial charge in [0, 0.05) is 23.5 Å². The maximum absolute atomic E-state index is 10.5. The molecule has 0 saturated carbocycles. The zero-order valence-corrected chi connectivity index (χ0v) is 9.45. The van der Waals surface area contributed by atoms with Crippen molar-refractivity contribution in [3.05, 3.63) is 29.5 Å². The largest absolute Gasteiger partial charge is 0.507 e. The quantitative estimate of drug-likeness (QED) is 0.777. The van der Waals surface area contributed by atoms with Crippen molar-refractivity contribution in [2.75, 3.05) is 0 Å². The van der Waals surface area contributed by atoms with Crippen LogP contribution in [-0.4, -0.2) is 16.4 Å². The minimum absolute atomic E-state index is 0.0520. The van der Waals surface area contributed by atoms with Crippen molar-refractivity contribution in [3.8, 4) is 5.75 Å². The summed E-state index contributed by atoms with van der Waals surface area (Å²) in [6.07, 6.45) is 3.19. The Bertz CT molecular complexity index is 528. The Hall–Kier alpha value is -1.77. The zero-order chi connectivity index (χ0) is 11.7. The van der Waals surface area contributed by atoms with Crippen LogP contribution in [0.5, 0.6) is 5.75 Å². The summed E-state index contributed by atoms with van der Waals surface area (Å²) < 4.78 is 0. The van der Waals surface area contributed by atoms with Crippen molar-refractivity contribution < 1.29 is 9.90 Å². The molecule has 2 rings (SSSR count). The Morgan fingerprint density at radius 2 is 2.25 bits per heavy atom. The minimum atomic E-state index is 0.0520. The Morgan fingerprint density at radius 1 is 1.50 bits per heavy atom. The Morgan fingerprint density at radius 3 is 2.94 bits per heavy atom. The van der Waals surface area contributed by atoms with Gasteiger partial charge in [0.1, 0.15) is 12.0 Å². The monoisotopic (exact) mass is 217 g/mol. The molecule has 1 aromatic carbocycles. The number of fused-ring (bicyclic) bond motifs is 1. The van der Waals surface area contributed by atoms with E-state index in [9.17, 15) is 9.90 Å². The first kappa shape index (κ1) is 10.7. The molecule has 3 nitrogen and oxygen atoms in total. The van der Waals surface area contributed by atoms with Gasteiger partial charge in [0.05, 0.1) is 0 Å². The van der Waals surface area contributed by atoms with Gasteiger partial charge in [-0.1, -0.05) is 13.0 Å². The van der Waals surface area contributed by atoms with Crippen LogP contribution in [0.2, 0.25) is 0 Å². The molecule has 1 aromatic heterocycles. The van der Waals surface area contributed by atoms with Crippen molar-refractivity contribution in [2.24, 2.45) is 0 Å². The number of H-pyrrole nitrogens is 1. The molecule has 0 aliphatic heterocycles. The number of hydrogen-bond donors (Lipinski definition) is 2. The second-order valence-electron chi connectivity index (χ2n) is 4.20. The van der Waals surface area contributed by atoms with Crippen LogP contribution in [0.1, 0.15) is 30.4 Å². The van der Waals surface area contributed by atoms with Crippen molar-refractivity contribution in [1.29, 1.82) is 0 Å². The number of aromatic hydroxyl groups is 1. The first-order chi connectivity index (χ1) is 7.65. The van der Waals surface area contributed by atoms with Gasteiger partial charge >= 0.3 is 0 Å². The van der Waals surface area contributed by atoms with E-state index >= 15 is 0 Å². The van der Waals surface area contributed by atoms with E-state index in [-0.39, 0.29) is 5.92 Å². The normalized spacial score (nSPS) is 12.9. The number of carbonyl (C=O) groups excluding carboxylic acids is 1. The standard InChI is InChI=1S/C13H15NO2/c1-8(5-6-15)10-3-4-11-12(13(10)16)9(2)7-14-11/h3-4,6-8,14,16H,5H2,1-2H3. The second kappa shape index (κ2) is 4.00. The summed E-state index contributed by atoms with van der Waals surface area (Å²) in [6, 6.07) is 3.82. The Labute approximate surface area is 94.1 Å². The van der Waals surface area contributed by atoms with Gasteiger partial charge < -0.3 is 14.9 Å². The van der Waals surface area contributed by atoms with Gasteiger partial charge in [0.25, 0.3) is 0 Å². The third kappa shape index (κ3) is 1.58. The van der Waals surface area contributed by atoms with Crippen LogP contribution in [0.15, 0.2) is 18.3 Å². The highest BCUT2D eigenvalue weighted by molar-refractivity contribution is 5.90. The summed E-state index contributed by atoms with van der Waals surface area (Å²) in [5, 5.41) is 11.0. The van der Waals surface area contributed by atoms with Crippen LogP contribution in [0.4, 0.5) is 0 Å². The molecule has 1 heterocycles. The number of rotatable bonds is 3. The van der Waals surface area contributed by atoms with E-state index in [1.807, 2.05) is 32.2 Å². The molecule has 0 fully saturated rings. The van der Waals surface area contributed by atoms with Crippen LogP contribution in [0.25, 0.3) is 10.9 Å². The van der Waals surface area contributed by atoms with Crippen LogP contribution >= 0.6 is 0 Å². The number of phenols is 1. The molecule has 0 aliphatic carbocycles. The molecule has 0 amide bonds. The molecular formula is C13H15NO2.